The summed E-state index contributed by atoms with van der Waals surface area (Å²) in [6, 6.07) is 1.84. The van der Waals surface area contributed by atoms with E-state index in [0.717, 1.165) is 23.2 Å². The molecule has 0 saturated carbocycles. The van der Waals surface area contributed by atoms with E-state index in [9.17, 15) is 8.42 Å². The highest BCUT2D eigenvalue weighted by atomic mass is 32.2. The van der Waals surface area contributed by atoms with Crippen LogP contribution < -0.4 is 0 Å². The zero-order valence-corrected chi connectivity index (χ0v) is 15.4. The molecule has 6 nitrogen and oxygen atoms in total. The first-order chi connectivity index (χ1) is 11.9. The Labute approximate surface area is 149 Å². The van der Waals surface area contributed by atoms with Crippen LogP contribution >= 0.6 is 11.3 Å². The van der Waals surface area contributed by atoms with Crippen LogP contribution in [0, 0.1) is 0 Å². The van der Waals surface area contributed by atoms with Gasteiger partial charge in [-0.15, -0.1) is 11.3 Å². The molecular weight excluding hydrogens is 356 g/mol. The van der Waals surface area contributed by atoms with Gasteiger partial charge >= 0.3 is 0 Å². The molecule has 0 bridgehead atoms. The number of sulfone groups is 1. The monoisotopic (exact) mass is 372 g/mol. The second kappa shape index (κ2) is 5.60. The van der Waals surface area contributed by atoms with Crippen LogP contribution in [-0.4, -0.2) is 34.2 Å². The first-order valence-electron chi connectivity index (χ1n) is 7.71. The number of allylic oxidation sites excluding steroid dienone is 4. The molecule has 3 aromatic heterocycles. The van der Waals surface area contributed by atoms with Crippen LogP contribution in [0.2, 0.25) is 0 Å². The maximum absolute atomic E-state index is 12.0. The molecule has 1 unspecified atom stereocenters. The molecule has 25 heavy (non-hydrogen) atoms. The summed E-state index contributed by atoms with van der Waals surface area (Å²) in [6.45, 7) is 2.15. The molecule has 0 radical (unpaired) electrons. The van der Waals surface area contributed by atoms with Crippen LogP contribution in [0.25, 0.3) is 20.8 Å². The van der Waals surface area contributed by atoms with Gasteiger partial charge < -0.3 is 4.57 Å². The number of hydrogen-bond donors (Lipinski definition) is 0. The third-order valence-corrected chi connectivity index (χ3v) is 6.41. The van der Waals surface area contributed by atoms with Gasteiger partial charge in [-0.2, -0.15) is 0 Å². The van der Waals surface area contributed by atoms with E-state index in [1.54, 1.807) is 6.20 Å². The van der Waals surface area contributed by atoms with Crippen molar-refractivity contribution in [1.29, 1.82) is 0 Å². The van der Waals surface area contributed by atoms with Crippen molar-refractivity contribution in [1.82, 2.24) is 19.5 Å². The van der Waals surface area contributed by atoms with E-state index >= 15 is 0 Å². The van der Waals surface area contributed by atoms with Gasteiger partial charge in [-0.25, -0.2) is 23.4 Å². The van der Waals surface area contributed by atoms with Crippen LogP contribution in [0.4, 0.5) is 0 Å². The van der Waals surface area contributed by atoms with E-state index in [-0.39, 0.29) is 10.6 Å². The van der Waals surface area contributed by atoms with Gasteiger partial charge in [-0.1, -0.05) is 24.3 Å². The van der Waals surface area contributed by atoms with Crippen LogP contribution in [0.3, 0.4) is 0 Å². The second-order valence-electron chi connectivity index (χ2n) is 6.28. The van der Waals surface area contributed by atoms with Crippen LogP contribution in [0.5, 0.6) is 0 Å². The van der Waals surface area contributed by atoms with Gasteiger partial charge in [-0.05, 0) is 19.4 Å². The van der Waals surface area contributed by atoms with E-state index in [1.807, 2.05) is 24.5 Å². The highest BCUT2D eigenvalue weighted by Gasteiger charge is 2.27. The van der Waals surface area contributed by atoms with Crippen molar-refractivity contribution in [2.75, 3.05) is 6.26 Å². The van der Waals surface area contributed by atoms with Crippen molar-refractivity contribution in [3.63, 3.8) is 0 Å². The quantitative estimate of drug-likeness (QED) is 0.660. The number of hydrogen-bond acceptors (Lipinski definition) is 6. The van der Waals surface area contributed by atoms with Crippen molar-refractivity contribution in [3.05, 3.63) is 49.2 Å². The molecule has 0 saturated heterocycles. The van der Waals surface area contributed by atoms with E-state index in [1.165, 1.54) is 17.7 Å². The van der Waals surface area contributed by atoms with Crippen LogP contribution in [0.15, 0.2) is 54.2 Å². The summed E-state index contributed by atoms with van der Waals surface area (Å²) in [5.41, 5.74) is 0.729. The molecule has 3 heterocycles. The van der Waals surface area contributed by atoms with E-state index in [4.69, 9.17) is 0 Å². The summed E-state index contributed by atoms with van der Waals surface area (Å²) in [4.78, 5) is 14.1. The normalized spacial score (nSPS) is 20.4. The predicted molar refractivity (Wildman–Crippen MR) is 98.3 cm³/mol. The third-order valence-electron chi connectivity index (χ3n) is 4.32. The topological polar surface area (TPSA) is 77.7 Å². The fourth-order valence-electron chi connectivity index (χ4n) is 3.03. The van der Waals surface area contributed by atoms with Crippen LogP contribution in [-0.2, 0) is 15.4 Å². The Balaban J connectivity index is 1.89. The summed E-state index contributed by atoms with van der Waals surface area (Å²) in [5, 5.41) is 0.625. The minimum absolute atomic E-state index is 0.0674. The van der Waals surface area contributed by atoms with Crippen molar-refractivity contribution >= 4 is 31.4 Å². The van der Waals surface area contributed by atoms with Crippen molar-refractivity contribution in [2.24, 2.45) is 0 Å². The first-order valence-corrected chi connectivity index (χ1v) is 10.4. The Morgan fingerprint density at radius 3 is 2.84 bits per heavy atom. The molecule has 1 aliphatic rings. The second-order valence-corrected chi connectivity index (χ2v) is 9.24. The minimum Gasteiger partial charge on any atom is -0.320 e. The van der Waals surface area contributed by atoms with Crippen molar-refractivity contribution < 1.29 is 8.42 Å². The number of rotatable bonds is 3. The molecule has 1 atom stereocenters. The highest BCUT2D eigenvalue weighted by Crippen LogP contribution is 2.38. The summed E-state index contributed by atoms with van der Waals surface area (Å²) in [7, 11) is -3.41. The number of aromatic nitrogens is 4. The fraction of sp³-hybridized carbons (Fsp3) is 0.235. The summed E-state index contributed by atoms with van der Waals surface area (Å²) in [6.07, 6.45) is 15.3. The maximum Gasteiger partial charge on any atom is 0.193 e. The van der Waals surface area contributed by atoms with Crippen molar-refractivity contribution in [3.8, 4) is 10.6 Å². The average Bonchev–Trinajstić information content (AvgIpc) is 3.21. The van der Waals surface area contributed by atoms with E-state index in [0.29, 0.717) is 10.2 Å². The highest BCUT2D eigenvalue weighted by molar-refractivity contribution is 7.90. The Morgan fingerprint density at radius 2 is 2.12 bits per heavy atom. The fourth-order valence-corrected chi connectivity index (χ4v) is 4.90. The lowest BCUT2D eigenvalue weighted by Gasteiger charge is -2.30. The SMILES string of the molecule is CC1(n2cncc2-c2cc3c(S(C)(=O)=O)ncnc3s2)C=CC=CC1. The zero-order valence-electron chi connectivity index (χ0n) is 13.7. The molecule has 0 aliphatic heterocycles. The van der Waals surface area contributed by atoms with Crippen LogP contribution in [0.1, 0.15) is 13.3 Å². The summed E-state index contributed by atoms with van der Waals surface area (Å²) >= 11 is 1.44. The molecule has 128 valence electrons. The van der Waals surface area contributed by atoms with Gasteiger partial charge in [0.05, 0.1) is 28.6 Å². The van der Waals surface area contributed by atoms with Gasteiger partial charge in [0, 0.05) is 11.6 Å². The number of nitrogens with zero attached hydrogens (tertiary/aromatic N) is 4. The Hall–Kier alpha value is -2.32. The molecule has 1 aliphatic carbocycles. The zero-order chi connectivity index (χ0) is 17.7. The first kappa shape index (κ1) is 16.2. The minimum atomic E-state index is -3.41. The molecule has 4 rings (SSSR count). The molecule has 0 spiro atoms. The average molecular weight is 372 g/mol. The number of thiophene rings is 1. The number of fused-ring (bicyclic) bond motifs is 1. The largest absolute Gasteiger partial charge is 0.320 e. The smallest absolute Gasteiger partial charge is 0.193 e. The molecule has 8 heteroatoms. The molecular formula is C17H16N4O2S2. The van der Waals surface area contributed by atoms with Gasteiger partial charge in [0.2, 0.25) is 0 Å². The molecule has 0 amide bonds. The Bertz CT molecular complexity index is 1120. The molecule has 0 aromatic carbocycles. The standard InChI is InChI=1S/C17H16N4O2S2/c1-17(6-4-3-5-7-17)21-11-18-9-13(21)14-8-12-15(24-14)19-10-20-16(12)25(2,22)23/h3-6,8-11H,7H2,1-2H3. The van der Waals surface area contributed by atoms with Gasteiger partial charge in [0.1, 0.15) is 11.2 Å². The molecule has 0 N–H and O–H groups in total. The molecule has 3 aromatic rings. The lowest BCUT2D eigenvalue weighted by molar-refractivity contribution is 0.415. The van der Waals surface area contributed by atoms with Gasteiger partial charge in [0.15, 0.2) is 14.9 Å². The number of imidazole rings is 1. The Kier molecular flexibility index (Phi) is 3.62. The lowest BCUT2D eigenvalue weighted by atomic mass is 9.93. The van der Waals surface area contributed by atoms with Crippen molar-refractivity contribution in [2.45, 2.75) is 23.9 Å². The van der Waals surface area contributed by atoms with Gasteiger partial charge in [-0.3, -0.25) is 0 Å². The van der Waals surface area contributed by atoms with E-state index in [2.05, 4.69) is 38.6 Å². The Morgan fingerprint density at radius 1 is 1.28 bits per heavy atom. The predicted octanol–water partition coefficient (Wildman–Crippen LogP) is 3.19. The third kappa shape index (κ3) is 2.71. The summed E-state index contributed by atoms with van der Waals surface area (Å²) < 4.78 is 26.1. The summed E-state index contributed by atoms with van der Waals surface area (Å²) in [5.74, 6) is 0. The van der Waals surface area contributed by atoms with E-state index < -0.39 is 9.84 Å². The van der Waals surface area contributed by atoms with Gasteiger partial charge in [0.25, 0.3) is 0 Å². The maximum atomic E-state index is 12.0. The lowest BCUT2D eigenvalue weighted by Crippen LogP contribution is -2.28. The molecule has 0 fully saturated rings.